The Balaban J connectivity index is 2.25. The molecule has 1 aromatic carbocycles. The molecule has 9 nitrogen and oxygen atoms in total. The average Bonchev–Trinajstić information content (AvgIpc) is 2.74. The molecule has 0 bridgehead atoms. The van der Waals surface area contributed by atoms with Gasteiger partial charge in [-0.05, 0) is 25.5 Å². The molecule has 0 saturated heterocycles. The highest BCUT2D eigenvalue weighted by molar-refractivity contribution is 6.01. The third kappa shape index (κ3) is 6.27. The van der Waals surface area contributed by atoms with Crippen molar-refractivity contribution in [3.63, 3.8) is 0 Å². The van der Waals surface area contributed by atoms with Crippen LogP contribution in [0.15, 0.2) is 59.0 Å². The first kappa shape index (κ1) is 21.8. The molecule has 152 valence electrons. The standard InChI is InChI=1S/C20H22N4O5/c1-13(23-24-20-21-10-7-11-22-20)16(17(14(2)25)18(26)28-3)19(27)29-12-15-8-5-4-6-9-15/h4-11,13,16-17H,12H2,1-3H3. The van der Waals surface area contributed by atoms with Crippen molar-refractivity contribution < 1.29 is 23.9 Å². The Morgan fingerprint density at radius 3 is 2.28 bits per heavy atom. The van der Waals surface area contributed by atoms with Gasteiger partial charge in [0.25, 0.3) is 5.95 Å². The van der Waals surface area contributed by atoms with Crippen LogP contribution in [-0.2, 0) is 30.5 Å². The number of ether oxygens (including phenoxy) is 2. The largest absolute Gasteiger partial charge is 0.468 e. The summed E-state index contributed by atoms with van der Waals surface area (Å²) >= 11 is 0. The molecule has 0 radical (unpaired) electrons. The Bertz CT molecular complexity index is 858. The van der Waals surface area contributed by atoms with Gasteiger partial charge in [0.15, 0.2) is 0 Å². The number of carbonyl (C=O) groups excluding carboxylic acids is 3. The number of nitrogens with zero attached hydrogens (tertiary/aromatic N) is 4. The van der Waals surface area contributed by atoms with Gasteiger partial charge in [0.2, 0.25) is 0 Å². The number of aromatic nitrogens is 2. The van der Waals surface area contributed by atoms with Gasteiger partial charge in [-0.25, -0.2) is 9.97 Å². The fourth-order valence-corrected chi connectivity index (χ4v) is 2.69. The predicted molar refractivity (Wildman–Crippen MR) is 102 cm³/mol. The van der Waals surface area contributed by atoms with Gasteiger partial charge in [-0.1, -0.05) is 30.3 Å². The topological polar surface area (TPSA) is 120 Å². The van der Waals surface area contributed by atoms with Crippen LogP contribution in [0.5, 0.6) is 0 Å². The highest BCUT2D eigenvalue weighted by Crippen LogP contribution is 2.25. The zero-order valence-electron chi connectivity index (χ0n) is 16.4. The maximum atomic E-state index is 12.8. The van der Waals surface area contributed by atoms with Crippen molar-refractivity contribution in [2.45, 2.75) is 26.5 Å². The Hall–Kier alpha value is -3.49. The van der Waals surface area contributed by atoms with Crippen molar-refractivity contribution >= 4 is 23.7 Å². The van der Waals surface area contributed by atoms with Crippen LogP contribution >= 0.6 is 0 Å². The summed E-state index contributed by atoms with van der Waals surface area (Å²) in [6.07, 6.45) is 2.98. The summed E-state index contributed by atoms with van der Waals surface area (Å²) in [6.45, 7) is 2.76. The van der Waals surface area contributed by atoms with E-state index in [0.717, 1.165) is 12.7 Å². The van der Waals surface area contributed by atoms with Crippen molar-refractivity contribution in [2.75, 3.05) is 7.11 Å². The summed E-state index contributed by atoms with van der Waals surface area (Å²) in [4.78, 5) is 45.0. The van der Waals surface area contributed by atoms with E-state index >= 15 is 0 Å². The van der Waals surface area contributed by atoms with Gasteiger partial charge in [0, 0.05) is 12.4 Å². The summed E-state index contributed by atoms with van der Waals surface area (Å²) in [7, 11) is 1.15. The molecule has 0 amide bonds. The van der Waals surface area contributed by atoms with Crippen LogP contribution in [0, 0.1) is 11.8 Å². The summed E-state index contributed by atoms with van der Waals surface area (Å²) < 4.78 is 10.1. The van der Waals surface area contributed by atoms with E-state index in [1.54, 1.807) is 25.1 Å². The predicted octanol–water partition coefficient (Wildman–Crippen LogP) is 2.69. The van der Waals surface area contributed by atoms with Gasteiger partial charge in [-0.3, -0.25) is 14.4 Å². The second-order valence-electron chi connectivity index (χ2n) is 6.24. The Morgan fingerprint density at radius 1 is 1.03 bits per heavy atom. The number of carbonyl (C=O) groups is 3. The maximum absolute atomic E-state index is 12.8. The third-order valence-electron chi connectivity index (χ3n) is 4.15. The molecular formula is C20H22N4O5. The van der Waals surface area contributed by atoms with Crippen molar-refractivity contribution in [2.24, 2.45) is 22.1 Å². The summed E-state index contributed by atoms with van der Waals surface area (Å²) in [5.41, 5.74) is 0.768. The molecule has 3 unspecified atom stereocenters. The van der Waals surface area contributed by atoms with Crippen LogP contribution in [0.1, 0.15) is 19.4 Å². The van der Waals surface area contributed by atoms with E-state index in [1.807, 2.05) is 18.2 Å². The molecule has 0 N–H and O–H groups in total. The van der Waals surface area contributed by atoms with E-state index in [-0.39, 0.29) is 12.6 Å². The number of Topliss-reactive ketones (excluding diaryl/α,β-unsaturated/α-hetero) is 1. The number of ketones is 1. The lowest BCUT2D eigenvalue weighted by Crippen LogP contribution is -2.41. The number of rotatable bonds is 9. The molecule has 2 rings (SSSR count). The first-order valence-corrected chi connectivity index (χ1v) is 8.90. The van der Waals surface area contributed by atoms with E-state index in [4.69, 9.17) is 9.47 Å². The molecule has 1 heterocycles. The van der Waals surface area contributed by atoms with Crippen LogP contribution in [-0.4, -0.2) is 40.8 Å². The van der Waals surface area contributed by atoms with Crippen LogP contribution in [0.3, 0.4) is 0 Å². The molecule has 0 aliphatic carbocycles. The van der Waals surface area contributed by atoms with Gasteiger partial charge in [-0.2, -0.15) is 5.11 Å². The fourth-order valence-electron chi connectivity index (χ4n) is 2.69. The maximum Gasteiger partial charge on any atom is 0.317 e. The average molecular weight is 398 g/mol. The van der Waals surface area contributed by atoms with Gasteiger partial charge >= 0.3 is 11.9 Å². The zero-order chi connectivity index (χ0) is 21.2. The third-order valence-corrected chi connectivity index (χ3v) is 4.15. The highest BCUT2D eigenvalue weighted by Gasteiger charge is 2.43. The molecule has 2 aromatic rings. The first-order chi connectivity index (χ1) is 13.9. The van der Waals surface area contributed by atoms with E-state index in [9.17, 15) is 14.4 Å². The molecule has 3 atom stereocenters. The number of methoxy groups -OCH3 is 1. The molecule has 1 aromatic heterocycles. The quantitative estimate of drug-likeness (QED) is 0.362. The van der Waals surface area contributed by atoms with Crippen molar-refractivity contribution in [3.05, 3.63) is 54.4 Å². The normalized spacial score (nSPS) is 14.0. The van der Waals surface area contributed by atoms with Gasteiger partial charge in [0.05, 0.1) is 13.2 Å². The van der Waals surface area contributed by atoms with E-state index in [0.29, 0.717) is 0 Å². The van der Waals surface area contributed by atoms with Gasteiger partial charge < -0.3 is 9.47 Å². The fraction of sp³-hybridized carbons (Fsp3) is 0.350. The van der Waals surface area contributed by atoms with Gasteiger partial charge in [-0.15, -0.1) is 5.11 Å². The molecule has 0 saturated carbocycles. The van der Waals surface area contributed by atoms with Crippen LogP contribution in [0.2, 0.25) is 0 Å². The van der Waals surface area contributed by atoms with Crippen molar-refractivity contribution in [1.82, 2.24) is 9.97 Å². The van der Waals surface area contributed by atoms with E-state index in [1.165, 1.54) is 19.3 Å². The number of hydrogen-bond acceptors (Lipinski definition) is 9. The van der Waals surface area contributed by atoms with Crippen LogP contribution in [0.25, 0.3) is 0 Å². The Labute approximate surface area is 168 Å². The molecule has 0 aliphatic heterocycles. The smallest absolute Gasteiger partial charge is 0.317 e. The monoisotopic (exact) mass is 398 g/mol. The number of hydrogen-bond donors (Lipinski definition) is 0. The minimum atomic E-state index is -1.37. The van der Waals surface area contributed by atoms with E-state index in [2.05, 4.69) is 20.2 Å². The lowest BCUT2D eigenvalue weighted by molar-refractivity contribution is -0.163. The number of benzene rings is 1. The zero-order valence-corrected chi connectivity index (χ0v) is 16.4. The second kappa shape index (κ2) is 10.7. The first-order valence-electron chi connectivity index (χ1n) is 8.90. The SMILES string of the molecule is COC(=O)C(C(C)=O)C(C(=O)OCc1ccccc1)C(C)N=Nc1ncccn1. The molecular weight excluding hydrogens is 376 g/mol. The van der Waals surface area contributed by atoms with E-state index < -0.39 is 35.6 Å². The summed E-state index contributed by atoms with van der Waals surface area (Å²) in [5.74, 6) is -4.60. The summed E-state index contributed by atoms with van der Waals surface area (Å²) in [5, 5.41) is 7.92. The number of azo groups is 1. The van der Waals surface area contributed by atoms with Crippen molar-refractivity contribution in [3.8, 4) is 0 Å². The summed E-state index contributed by atoms with van der Waals surface area (Å²) in [6, 6.07) is 9.80. The second-order valence-corrected chi connectivity index (χ2v) is 6.24. The minimum absolute atomic E-state index is 0.00632. The molecule has 0 spiro atoms. The number of esters is 2. The minimum Gasteiger partial charge on any atom is -0.468 e. The lowest BCUT2D eigenvalue weighted by Gasteiger charge is -2.24. The molecule has 0 aliphatic rings. The van der Waals surface area contributed by atoms with Crippen LogP contribution in [0.4, 0.5) is 5.95 Å². The highest BCUT2D eigenvalue weighted by atomic mass is 16.5. The molecule has 0 fully saturated rings. The van der Waals surface area contributed by atoms with Crippen LogP contribution < -0.4 is 0 Å². The lowest BCUT2D eigenvalue weighted by atomic mass is 9.84. The van der Waals surface area contributed by atoms with Crippen molar-refractivity contribution in [1.29, 1.82) is 0 Å². The Kier molecular flexibility index (Phi) is 8.08. The Morgan fingerprint density at radius 2 is 1.69 bits per heavy atom. The molecule has 29 heavy (non-hydrogen) atoms. The molecule has 9 heteroatoms. The van der Waals surface area contributed by atoms with Gasteiger partial charge in [0.1, 0.15) is 24.2 Å².